The molecule has 0 bridgehead atoms. The smallest absolute Gasteiger partial charge is 0.466 e. The molecule has 6 nitrogen and oxygen atoms in total. The van der Waals surface area contributed by atoms with Crippen molar-refractivity contribution in [1.29, 1.82) is 0 Å². The van der Waals surface area contributed by atoms with Crippen LogP contribution in [0.15, 0.2) is 12.4 Å². The molecule has 0 N–H and O–H groups in total. The molecule has 1 fully saturated rings. The van der Waals surface area contributed by atoms with Crippen LogP contribution < -0.4 is 5.46 Å². The van der Waals surface area contributed by atoms with Gasteiger partial charge in [0.15, 0.2) is 0 Å². The van der Waals surface area contributed by atoms with Gasteiger partial charge in [0, 0.05) is 17.9 Å². The van der Waals surface area contributed by atoms with Crippen LogP contribution >= 0.6 is 0 Å². The molecule has 114 valence electrons. The summed E-state index contributed by atoms with van der Waals surface area (Å²) in [5.74, 6) is 0.0922. The topological polar surface area (TPSA) is 70.5 Å². The number of carbonyl (C=O) groups is 1. The van der Waals surface area contributed by atoms with Gasteiger partial charge in [0.2, 0.25) is 0 Å². The highest BCUT2D eigenvalue weighted by Crippen LogP contribution is 2.36. The number of carbonyl (C=O) groups excluding carboxylic acids is 1. The molecule has 1 aliphatic heterocycles. The van der Waals surface area contributed by atoms with Crippen LogP contribution in [0.5, 0.6) is 0 Å². The maximum Gasteiger partial charge on any atom is 0.498 e. The van der Waals surface area contributed by atoms with Crippen LogP contribution in [-0.2, 0) is 25.3 Å². The molecule has 0 radical (unpaired) electrons. The first-order valence-corrected chi connectivity index (χ1v) is 7.07. The summed E-state index contributed by atoms with van der Waals surface area (Å²) in [6.45, 7) is 10.1. The van der Waals surface area contributed by atoms with Gasteiger partial charge in [-0.15, -0.1) is 0 Å². The van der Waals surface area contributed by atoms with E-state index in [9.17, 15) is 4.79 Å². The lowest BCUT2D eigenvalue weighted by molar-refractivity contribution is -0.142. The van der Waals surface area contributed by atoms with Gasteiger partial charge in [-0.25, -0.2) is 9.97 Å². The highest BCUT2D eigenvalue weighted by molar-refractivity contribution is 6.61. The van der Waals surface area contributed by atoms with Crippen molar-refractivity contribution in [1.82, 2.24) is 9.97 Å². The Morgan fingerprint density at radius 3 is 2.19 bits per heavy atom. The van der Waals surface area contributed by atoms with Gasteiger partial charge in [0.05, 0.1) is 17.8 Å². The number of ether oxygens (including phenoxy) is 1. The maximum atomic E-state index is 11.4. The van der Waals surface area contributed by atoms with Gasteiger partial charge in [-0.3, -0.25) is 4.79 Å². The lowest BCUT2D eigenvalue weighted by Crippen LogP contribution is -2.41. The van der Waals surface area contributed by atoms with Gasteiger partial charge in [0.1, 0.15) is 12.2 Å². The minimum absolute atomic E-state index is 0.0670. The molecule has 21 heavy (non-hydrogen) atoms. The fourth-order valence-corrected chi connectivity index (χ4v) is 1.90. The zero-order valence-corrected chi connectivity index (χ0v) is 13.2. The number of nitrogens with zero attached hydrogens (tertiary/aromatic N) is 2. The van der Waals surface area contributed by atoms with Gasteiger partial charge in [-0.05, 0) is 34.6 Å². The lowest BCUT2D eigenvalue weighted by Gasteiger charge is -2.32. The Hall–Kier alpha value is -1.47. The van der Waals surface area contributed by atoms with E-state index >= 15 is 0 Å². The molecule has 0 spiro atoms. The van der Waals surface area contributed by atoms with Gasteiger partial charge in [-0.1, -0.05) is 0 Å². The van der Waals surface area contributed by atoms with E-state index in [1.54, 1.807) is 19.3 Å². The average molecular weight is 292 g/mol. The molecule has 1 aromatic heterocycles. The number of hydrogen-bond donors (Lipinski definition) is 0. The van der Waals surface area contributed by atoms with Gasteiger partial charge < -0.3 is 14.0 Å². The lowest BCUT2D eigenvalue weighted by atomic mass is 9.81. The third-order valence-corrected chi connectivity index (χ3v) is 3.86. The third kappa shape index (κ3) is 3.41. The summed E-state index contributed by atoms with van der Waals surface area (Å²) in [5.41, 5.74) is -0.0658. The molecule has 1 aliphatic rings. The van der Waals surface area contributed by atoms with E-state index in [1.807, 2.05) is 27.7 Å². The fourth-order valence-electron chi connectivity index (χ4n) is 1.90. The van der Waals surface area contributed by atoms with Crippen molar-refractivity contribution in [3.05, 3.63) is 18.2 Å². The van der Waals surface area contributed by atoms with Crippen molar-refractivity contribution in [2.45, 2.75) is 52.2 Å². The molecule has 0 atom stereocenters. The summed E-state index contributed by atoms with van der Waals surface area (Å²) >= 11 is 0. The van der Waals surface area contributed by atoms with Crippen LogP contribution in [-0.4, -0.2) is 40.9 Å². The van der Waals surface area contributed by atoms with Crippen molar-refractivity contribution in [3.8, 4) is 0 Å². The van der Waals surface area contributed by atoms with Crippen molar-refractivity contribution < 1.29 is 18.8 Å². The monoisotopic (exact) mass is 292 g/mol. The third-order valence-electron chi connectivity index (χ3n) is 3.86. The van der Waals surface area contributed by atoms with Gasteiger partial charge in [0.25, 0.3) is 0 Å². The molecule has 2 rings (SSSR count). The van der Waals surface area contributed by atoms with E-state index in [0.717, 1.165) is 5.46 Å². The summed E-state index contributed by atoms with van der Waals surface area (Å²) in [5, 5.41) is 0. The first-order chi connectivity index (χ1) is 9.75. The average Bonchev–Trinajstić information content (AvgIpc) is 2.59. The summed E-state index contributed by atoms with van der Waals surface area (Å²) < 4.78 is 16.7. The Morgan fingerprint density at radius 2 is 1.71 bits per heavy atom. The fraction of sp³-hybridized carbons (Fsp3) is 0.643. The minimum Gasteiger partial charge on any atom is -0.466 e. The van der Waals surface area contributed by atoms with Crippen LogP contribution in [0.1, 0.15) is 40.4 Å². The largest absolute Gasteiger partial charge is 0.498 e. The predicted molar refractivity (Wildman–Crippen MR) is 78.1 cm³/mol. The molecule has 1 saturated heterocycles. The van der Waals surface area contributed by atoms with Crippen molar-refractivity contribution in [3.63, 3.8) is 0 Å². The number of rotatable bonds is 4. The van der Waals surface area contributed by atoms with Gasteiger partial charge in [-0.2, -0.15) is 0 Å². The van der Waals surface area contributed by atoms with E-state index in [0.29, 0.717) is 12.4 Å². The first-order valence-electron chi connectivity index (χ1n) is 7.07. The maximum absolute atomic E-state index is 11.4. The molecule has 1 aromatic rings. The molecule has 2 heterocycles. The van der Waals surface area contributed by atoms with Crippen LogP contribution in [0.25, 0.3) is 0 Å². The van der Waals surface area contributed by atoms with E-state index in [-0.39, 0.29) is 12.4 Å². The standard InChI is InChI=1S/C14H21BN2O4/c1-6-19-12(18)7-11-16-8-10(9-17-11)15-20-13(2,3)14(4,5)21-15/h8-9H,6-7H2,1-5H3. The molecular formula is C14H21BN2O4. The Bertz CT molecular complexity index is 500. The van der Waals surface area contributed by atoms with E-state index < -0.39 is 18.3 Å². The number of aromatic nitrogens is 2. The van der Waals surface area contributed by atoms with Gasteiger partial charge >= 0.3 is 13.1 Å². The molecule has 7 heteroatoms. The Kier molecular flexibility index (Phi) is 4.34. The predicted octanol–water partition coefficient (Wildman–Crippen LogP) is 0.881. The van der Waals surface area contributed by atoms with E-state index in [2.05, 4.69) is 9.97 Å². The minimum atomic E-state index is -0.494. The highest BCUT2D eigenvalue weighted by Gasteiger charge is 2.51. The van der Waals surface area contributed by atoms with Crippen LogP contribution in [0.3, 0.4) is 0 Å². The van der Waals surface area contributed by atoms with Crippen molar-refractivity contribution >= 4 is 18.6 Å². The van der Waals surface area contributed by atoms with Crippen LogP contribution in [0, 0.1) is 0 Å². The van der Waals surface area contributed by atoms with Crippen LogP contribution in [0.4, 0.5) is 0 Å². The number of hydrogen-bond acceptors (Lipinski definition) is 6. The zero-order chi connectivity index (χ0) is 15.7. The van der Waals surface area contributed by atoms with Crippen LogP contribution in [0.2, 0.25) is 0 Å². The second kappa shape index (κ2) is 5.73. The Balaban J connectivity index is 2.05. The molecular weight excluding hydrogens is 271 g/mol. The summed E-state index contributed by atoms with van der Waals surface area (Å²) in [4.78, 5) is 19.7. The molecule has 0 aromatic carbocycles. The summed E-state index contributed by atoms with van der Waals surface area (Å²) in [6, 6.07) is 0. The molecule has 0 amide bonds. The zero-order valence-electron chi connectivity index (χ0n) is 13.2. The molecule has 0 saturated carbocycles. The number of esters is 1. The Labute approximate surface area is 125 Å². The highest BCUT2D eigenvalue weighted by atomic mass is 16.7. The van der Waals surface area contributed by atoms with E-state index in [1.165, 1.54) is 0 Å². The van der Waals surface area contributed by atoms with Crippen molar-refractivity contribution in [2.75, 3.05) is 6.61 Å². The quantitative estimate of drug-likeness (QED) is 0.606. The molecule has 0 aliphatic carbocycles. The first kappa shape index (κ1) is 15.9. The van der Waals surface area contributed by atoms with E-state index in [4.69, 9.17) is 14.0 Å². The summed E-state index contributed by atoms with van der Waals surface area (Å²) in [6.07, 6.45) is 3.32. The Morgan fingerprint density at radius 1 is 1.19 bits per heavy atom. The summed E-state index contributed by atoms with van der Waals surface area (Å²) in [7, 11) is -0.494. The molecule has 0 unspecified atom stereocenters. The second-order valence-corrected chi connectivity index (χ2v) is 6.00. The van der Waals surface area contributed by atoms with Crippen molar-refractivity contribution in [2.24, 2.45) is 0 Å². The SMILES string of the molecule is CCOC(=O)Cc1ncc(B2OC(C)(C)C(C)(C)O2)cn1. The second-order valence-electron chi connectivity index (χ2n) is 6.00. The normalized spacial score (nSPS) is 19.6.